The molecule has 5 heteroatoms. The zero-order valence-corrected chi connectivity index (χ0v) is 15.4. The Morgan fingerprint density at radius 1 is 1.19 bits per heavy atom. The van der Waals surface area contributed by atoms with E-state index in [1.54, 1.807) is 6.20 Å². The number of rotatable bonds is 4. The molecule has 0 bridgehead atoms. The fraction of sp³-hybridized carbons (Fsp3) is 0.333. The van der Waals surface area contributed by atoms with Crippen LogP contribution in [0, 0.1) is 13.8 Å². The van der Waals surface area contributed by atoms with Gasteiger partial charge in [-0.05, 0) is 38.5 Å². The zero-order chi connectivity index (χ0) is 18.3. The molecule has 5 nitrogen and oxygen atoms in total. The summed E-state index contributed by atoms with van der Waals surface area (Å²) in [4.78, 5) is 14.9. The summed E-state index contributed by atoms with van der Waals surface area (Å²) in [5.41, 5.74) is 5.32. The Balaban J connectivity index is 1.54. The molecule has 1 aliphatic rings. The highest BCUT2D eigenvalue weighted by molar-refractivity contribution is 5.96. The van der Waals surface area contributed by atoms with Crippen molar-refractivity contribution in [3.63, 3.8) is 0 Å². The van der Waals surface area contributed by atoms with E-state index in [4.69, 9.17) is 0 Å². The minimum Gasteiger partial charge on any atom is -0.341 e. The van der Waals surface area contributed by atoms with Gasteiger partial charge in [0.05, 0.1) is 11.6 Å². The summed E-state index contributed by atoms with van der Waals surface area (Å²) in [5, 5.41) is 7.00. The third-order valence-corrected chi connectivity index (χ3v) is 5.51. The summed E-state index contributed by atoms with van der Waals surface area (Å²) in [6.45, 7) is 7.80. The van der Waals surface area contributed by atoms with Crippen LogP contribution >= 0.6 is 0 Å². The molecular formula is C21H24N4O. The Hall–Kier alpha value is -2.82. The highest BCUT2D eigenvalue weighted by Gasteiger charge is 2.34. The van der Waals surface area contributed by atoms with E-state index in [9.17, 15) is 4.79 Å². The third-order valence-electron chi connectivity index (χ3n) is 5.51. The van der Waals surface area contributed by atoms with E-state index in [1.165, 1.54) is 5.56 Å². The monoisotopic (exact) mass is 348 g/mol. The molecule has 1 saturated heterocycles. The standard InChI is InChI=1S/C21H24N4O/c1-14-11-19(16(3)25(14)15(2)17-7-5-4-6-8-17)21(26)24-12-18(13-24)20-9-10-22-23-20/h4-11,15,18H,12-13H2,1-3H3,(H,22,23). The lowest BCUT2D eigenvalue weighted by Gasteiger charge is -2.38. The van der Waals surface area contributed by atoms with E-state index in [2.05, 4.69) is 52.9 Å². The second kappa shape index (κ2) is 6.48. The molecule has 1 fully saturated rings. The number of likely N-dealkylation sites (tertiary alicyclic amines) is 1. The second-order valence-electron chi connectivity index (χ2n) is 7.16. The minimum absolute atomic E-state index is 0.125. The fourth-order valence-corrected chi connectivity index (χ4v) is 3.98. The lowest BCUT2D eigenvalue weighted by Crippen LogP contribution is -2.48. The first kappa shape index (κ1) is 16.6. The average Bonchev–Trinajstić information content (AvgIpc) is 3.22. The predicted molar refractivity (Wildman–Crippen MR) is 101 cm³/mol. The van der Waals surface area contributed by atoms with Gasteiger partial charge in [0.1, 0.15) is 0 Å². The van der Waals surface area contributed by atoms with Crippen LogP contribution in [0.2, 0.25) is 0 Å². The van der Waals surface area contributed by atoms with Crippen molar-refractivity contribution in [1.29, 1.82) is 0 Å². The molecular weight excluding hydrogens is 324 g/mol. The summed E-state index contributed by atoms with van der Waals surface area (Å²) in [7, 11) is 0. The molecule has 1 unspecified atom stereocenters. The van der Waals surface area contributed by atoms with Crippen LogP contribution in [0.15, 0.2) is 48.7 Å². The van der Waals surface area contributed by atoms with Gasteiger partial charge in [-0.3, -0.25) is 9.89 Å². The molecule has 1 aromatic carbocycles. The van der Waals surface area contributed by atoms with Crippen LogP contribution < -0.4 is 0 Å². The number of amides is 1. The molecule has 3 heterocycles. The Morgan fingerprint density at radius 3 is 2.58 bits per heavy atom. The fourth-order valence-electron chi connectivity index (χ4n) is 3.98. The van der Waals surface area contributed by atoms with Crippen molar-refractivity contribution >= 4 is 5.91 Å². The maximum absolute atomic E-state index is 13.0. The van der Waals surface area contributed by atoms with E-state index < -0.39 is 0 Å². The van der Waals surface area contributed by atoms with Crippen LogP contribution in [0.3, 0.4) is 0 Å². The molecule has 0 saturated carbocycles. The number of H-pyrrole nitrogens is 1. The zero-order valence-electron chi connectivity index (χ0n) is 15.4. The summed E-state index contributed by atoms with van der Waals surface area (Å²) in [5.74, 6) is 0.494. The highest BCUT2D eigenvalue weighted by Crippen LogP contribution is 2.30. The van der Waals surface area contributed by atoms with E-state index in [0.717, 1.165) is 35.7 Å². The van der Waals surface area contributed by atoms with Crippen LogP contribution in [-0.4, -0.2) is 38.7 Å². The predicted octanol–water partition coefficient (Wildman–Crippen LogP) is 3.68. The molecule has 0 aliphatic carbocycles. The van der Waals surface area contributed by atoms with Gasteiger partial charge in [-0.15, -0.1) is 0 Å². The lowest BCUT2D eigenvalue weighted by molar-refractivity contribution is 0.0597. The van der Waals surface area contributed by atoms with Gasteiger partial charge in [-0.1, -0.05) is 30.3 Å². The number of aromatic nitrogens is 3. The Morgan fingerprint density at radius 2 is 1.92 bits per heavy atom. The van der Waals surface area contributed by atoms with Crippen molar-refractivity contribution < 1.29 is 4.79 Å². The molecule has 1 N–H and O–H groups in total. The SMILES string of the molecule is Cc1cc(C(=O)N2CC(c3ccn[nH]3)C2)c(C)n1C(C)c1ccccc1. The maximum Gasteiger partial charge on any atom is 0.255 e. The minimum atomic E-state index is 0.125. The molecule has 0 spiro atoms. The number of benzene rings is 1. The van der Waals surface area contributed by atoms with Gasteiger partial charge < -0.3 is 9.47 Å². The van der Waals surface area contributed by atoms with Gasteiger partial charge >= 0.3 is 0 Å². The average molecular weight is 348 g/mol. The molecule has 26 heavy (non-hydrogen) atoms. The molecule has 134 valence electrons. The summed E-state index contributed by atoms with van der Waals surface area (Å²) in [6.07, 6.45) is 1.76. The maximum atomic E-state index is 13.0. The Labute approximate surface area is 153 Å². The number of carbonyl (C=O) groups is 1. The molecule has 1 atom stereocenters. The van der Waals surface area contributed by atoms with Crippen LogP contribution in [0.4, 0.5) is 0 Å². The van der Waals surface area contributed by atoms with Crippen LogP contribution in [0.1, 0.15) is 51.9 Å². The number of nitrogens with zero attached hydrogens (tertiary/aromatic N) is 3. The highest BCUT2D eigenvalue weighted by atomic mass is 16.2. The molecule has 2 aromatic heterocycles. The van der Waals surface area contributed by atoms with Gasteiger partial charge in [-0.25, -0.2) is 0 Å². The van der Waals surface area contributed by atoms with Gasteiger partial charge in [0.15, 0.2) is 0 Å². The molecule has 1 aliphatic heterocycles. The second-order valence-corrected chi connectivity index (χ2v) is 7.16. The van der Waals surface area contributed by atoms with Crippen molar-refractivity contribution in [3.8, 4) is 0 Å². The topological polar surface area (TPSA) is 53.9 Å². The van der Waals surface area contributed by atoms with Crippen molar-refractivity contribution in [2.45, 2.75) is 32.7 Å². The number of aryl methyl sites for hydroxylation is 1. The Bertz CT molecular complexity index is 905. The number of nitrogens with one attached hydrogen (secondary N) is 1. The van der Waals surface area contributed by atoms with Crippen LogP contribution in [0.25, 0.3) is 0 Å². The number of aromatic amines is 1. The van der Waals surface area contributed by atoms with Gasteiger partial charge in [0.25, 0.3) is 5.91 Å². The van der Waals surface area contributed by atoms with Gasteiger partial charge in [-0.2, -0.15) is 5.10 Å². The van der Waals surface area contributed by atoms with Crippen molar-refractivity contribution in [2.75, 3.05) is 13.1 Å². The quantitative estimate of drug-likeness (QED) is 0.782. The number of hydrogen-bond acceptors (Lipinski definition) is 2. The first-order valence-corrected chi connectivity index (χ1v) is 9.08. The first-order valence-electron chi connectivity index (χ1n) is 9.08. The normalized spacial score (nSPS) is 15.7. The molecule has 0 radical (unpaired) electrons. The summed E-state index contributed by atoms with van der Waals surface area (Å²) in [6, 6.07) is 14.6. The summed E-state index contributed by atoms with van der Waals surface area (Å²) < 4.78 is 2.26. The van der Waals surface area contributed by atoms with Crippen LogP contribution in [0.5, 0.6) is 0 Å². The Kier molecular flexibility index (Phi) is 4.15. The van der Waals surface area contributed by atoms with E-state index in [0.29, 0.717) is 5.92 Å². The van der Waals surface area contributed by atoms with Gasteiger partial charge in [0.2, 0.25) is 0 Å². The lowest BCUT2D eigenvalue weighted by atomic mass is 9.95. The summed E-state index contributed by atoms with van der Waals surface area (Å²) >= 11 is 0. The third kappa shape index (κ3) is 2.73. The molecule has 1 amide bonds. The van der Waals surface area contributed by atoms with Crippen molar-refractivity contribution in [2.24, 2.45) is 0 Å². The van der Waals surface area contributed by atoms with Crippen molar-refractivity contribution in [3.05, 3.63) is 76.9 Å². The van der Waals surface area contributed by atoms with Crippen molar-refractivity contribution in [1.82, 2.24) is 19.7 Å². The molecule has 4 rings (SSSR count). The van der Waals surface area contributed by atoms with E-state index in [-0.39, 0.29) is 11.9 Å². The van der Waals surface area contributed by atoms with Crippen LogP contribution in [-0.2, 0) is 0 Å². The van der Waals surface area contributed by atoms with E-state index >= 15 is 0 Å². The smallest absolute Gasteiger partial charge is 0.255 e. The number of carbonyl (C=O) groups excluding carboxylic acids is 1. The number of hydrogen-bond donors (Lipinski definition) is 1. The first-order chi connectivity index (χ1) is 12.6. The van der Waals surface area contributed by atoms with E-state index in [1.807, 2.05) is 30.0 Å². The van der Waals surface area contributed by atoms with Gasteiger partial charge in [0, 0.05) is 42.3 Å². The largest absolute Gasteiger partial charge is 0.341 e. The molecule has 3 aromatic rings.